The van der Waals surface area contributed by atoms with Crippen LogP contribution in [0.1, 0.15) is 11.5 Å². The molecule has 3 aromatic heterocycles. The van der Waals surface area contributed by atoms with E-state index in [1.165, 1.54) is 11.3 Å². The molecule has 7 heteroatoms. The molecule has 3 rings (SSSR count). The fourth-order valence-electron chi connectivity index (χ4n) is 1.68. The Balaban J connectivity index is 1.64. The van der Waals surface area contributed by atoms with Crippen molar-refractivity contribution in [3.8, 4) is 10.8 Å². The van der Waals surface area contributed by atoms with Crippen LogP contribution in [0.3, 0.4) is 0 Å². The van der Waals surface area contributed by atoms with Gasteiger partial charge >= 0.3 is 0 Å². The van der Waals surface area contributed by atoms with E-state index in [1.54, 1.807) is 25.3 Å². The molecular formula is C13H11N3O3S. The number of amides is 1. The molecule has 0 aliphatic heterocycles. The summed E-state index contributed by atoms with van der Waals surface area (Å²) in [6.07, 6.45) is 1.78. The molecule has 0 spiro atoms. The molecule has 0 aromatic carbocycles. The zero-order valence-corrected chi connectivity index (χ0v) is 11.4. The lowest BCUT2D eigenvalue weighted by molar-refractivity contribution is -0.115. The first-order valence-electron chi connectivity index (χ1n) is 5.92. The Morgan fingerprint density at radius 1 is 1.50 bits per heavy atom. The van der Waals surface area contributed by atoms with Crippen LogP contribution in [0.4, 0.5) is 5.82 Å². The highest BCUT2D eigenvalue weighted by Crippen LogP contribution is 2.24. The Kier molecular flexibility index (Phi) is 3.34. The second-order valence-electron chi connectivity index (χ2n) is 4.17. The number of aromatic nitrogens is 2. The molecule has 3 heterocycles. The van der Waals surface area contributed by atoms with Gasteiger partial charge in [0.05, 0.1) is 18.4 Å². The van der Waals surface area contributed by atoms with Crippen LogP contribution in [-0.2, 0) is 11.2 Å². The monoisotopic (exact) mass is 289 g/mol. The molecule has 0 saturated heterocycles. The molecule has 102 valence electrons. The normalized spacial score (nSPS) is 10.7. The van der Waals surface area contributed by atoms with E-state index in [4.69, 9.17) is 8.94 Å². The van der Waals surface area contributed by atoms with Gasteiger partial charge in [-0.05, 0) is 19.1 Å². The summed E-state index contributed by atoms with van der Waals surface area (Å²) in [6.45, 7) is 1.76. The third-order valence-corrected chi connectivity index (χ3v) is 3.43. The summed E-state index contributed by atoms with van der Waals surface area (Å²) >= 11 is 1.44. The average Bonchev–Trinajstić information content (AvgIpc) is 3.10. The quantitative estimate of drug-likeness (QED) is 0.798. The number of hydrogen-bond donors (Lipinski definition) is 1. The zero-order chi connectivity index (χ0) is 13.9. The number of furan rings is 1. The second kappa shape index (κ2) is 5.30. The minimum atomic E-state index is -0.186. The molecule has 0 aliphatic carbocycles. The van der Waals surface area contributed by atoms with Crippen molar-refractivity contribution < 1.29 is 13.7 Å². The van der Waals surface area contributed by atoms with Gasteiger partial charge in [-0.15, -0.1) is 11.3 Å². The summed E-state index contributed by atoms with van der Waals surface area (Å²) in [6, 6.07) is 5.30. The highest BCUT2D eigenvalue weighted by molar-refractivity contribution is 7.13. The smallest absolute Gasteiger partial charge is 0.231 e. The van der Waals surface area contributed by atoms with E-state index < -0.39 is 0 Å². The molecule has 0 radical (unpaired) electrons. The lowest BCUT2D eigenvalue weighted by Crippen LogP contribution is -2.14. The minimum Gasteiger partial charge on any atom is -0.462 e. The van der Waals surface area contributed by atoms with Crippen molar-refractivity contribution in [1.82, 2.24) is 10.1 Å². The van der Waals surface area contributed by atoms with Gasteiger partial charge < -0.3 is 14.3 Å². The summed E-state index contributed by atoms with van der Waals surface area (Å²) in [5.74, 6) is 1.58. The Hall–Kier alpha value is -2.41. The summed E-state index contributed by atoms with van der Waals surface area (Å²) in [4.78, 5) is 16.2. The van der Waals surface area contributed by atoms with Crippen LogP contribution >= 0.6 is 11.3 Å². The molecule has 20 heavy (non-hydrogen) atoms. The third-order valence-electron chi connectivity index (χ3n) is 2.52. The van der Waals surface area contributed by atoms with Gasteiger partial charge in [0.1, 0.15) is 5.76 Å². The Morgan fingerprint density at radius 3 is 3.10 bits per heavy atom. The van der Waals surface area contributed by atoms with Crippen LogP contribution in [-0.4, -0.2) is 16.0 Å². The topological polar surface area (TPSA) is 81.2 Å². The maximum Gasteiger partial charge on any atom is 0.231 e. The third kappa shape index (κ3) is 2.77. The summed E-state index contributed by atoms with van der Waals surface area (Å²) in [7, 11) is 0. The maximum absolute atomic E-state index is 11.8. The van der Waals surface area contributed by atoms with Crippen molar-refractivity contribution in [1.29, 1.82) is 0 Å². The van der Waals surface area contributed by atoms with E-state index in [-0.39, 0.29) is 12.3 Å². The number of thiazole rings is 1. The maximum atomic E-state index is 11.8. The van der Waals surface area contributed by atoms with Crippen LogP contribution in [0.5, 0.6) is 0 Å². The number of nitrogens with one attached hydrogen (secondary N) is 1. The average molecular weight is 289 g/mol. The van der Waals surface area contributed by atoms with E-state index in [0.717, 1.165) is 5.01 Å². The van der Waals surface area contributed by atoms with Crippen molar-refractivity contribution in [2.45, 2.75) is 13.3 Å². The molecule has 1 N–H and O–H groups in total. The van der Waals surface area contributed by atoms with Crippen LogP contribution in [0.2, 0.25) is 0 Å². The fraction of sp³-hybridized carbons (Fsp3) is 0.154. The van der Waals surface area contributed by atoms with Gasteiger partial charge in [-0.25, -0.2) is 4.98 Å². The second-order valence-corrected chi connectivity index (χ2v) is 5.03. The van der Waals surface area contributed by atoms with Crippen molar-refractivity contribution in [2.75, 3.05) is 5.32 Å². The van der Waals surface area contributed by atoms with E-state index in [0.29, 0.717) is 23.0 Å². The SMILES string of the molecule is Cc1cc(NC(=O)Cc2csc(-c3ccco3)n2)no1. The van der Waals surface area contributed by atoms with Crippen LogP contribution in [0.15, 0.2) is 38.8 Å². The molecule has 0 aliphatic rings. The fourth-order valence-corrected chi connectivity index (χ4v) is 2.46. The first-order chi connectivity index (χ1) is 9.70. The minimum absolute atomic E-state index is 0.184. The van der Waals surface area contributed by atoms with Gasteiger partial charge in [-0.1, -0.05) is 5.16 Å². The summed E-state index contributed by atoms with van der Waals surface area (Å²) in [5.41, 5.74) is 0.694. The number of nitrogens with zero attached hydrogens (tertiary/aromatic N) is 2. The Labute approximate surface area is 118 Å². The molecule has 6 nitrogen and oxygen atoms in total. The van der Waals surface area contributed by atoms with Gasteiger partial charge in [0.15, 0.2) is 16.6 Å². The first kappa shape index (κ1) is 12.6. The number of hydrogen-bond acceptors (Lipinski definition) is 6. The largest absolute Gasteiger partial charge is 0.462 e. The number of anilines is 1. The number of rotatable bonds is 4. The number of carbonyl (C=O) groups excluding carboxylic acids is 1. The van der Waals surface area contributed by atoms with Crippen molar-refractivity contribution in [3.63, 3.8) is 0 Å². The zero-order valence-electron chi connectivity index (χ0n) is 10.6. The molecule has 0 bridgehead atoms. The Bertz CT molecular complexity index is 715. The van der Waals surface area contributed by atoms with Crippen molar-refractivity contribution in [3.05, 3.63) is 41.3 Å². The predicted molar refractivity (Wildman–Crippen MR) is 73.4 cm³/mol. The van der Waals surface area contributed by atoms with Crippen LogP contribution in [0, 0.1) is 6.92 Å². The van der Waals surface area contributed by atoms with Gasteiger partial charge in [0, 0.05) is 11.4 Å². The highest BCUT2D eigenvalue weighted by Gasteiger charge is 2.11. The van der Waals surface area contributed by atoms with Crippen LogP contribution in [0.25, 0.3) is 10.8 Å². The molecule has 0 saturated carbocycles. The molecule has 0 atom stereocenters. The standard InChI is InChI=1S/C13H11N3O3S/c1-8-5-11(16-19-8)15-12(17)6-9-7-20-13(14-9)10-3-2-4-18-10/h2-5,7H,6H2,1H3,(H,15,16,17). The van der Waals surface area contributed by atoms with Gasteiger partial charge in [0.2, 0.25) is 5.91 Å². The molecule has 3 aromatic rings. The van der Waals surface area contributed by atoms with Crippen molar-refractivity contribution >= 4 is 23.1 Å². The van der Waals surface area contributed by atoms with E-state index in [2.05, 4.69) is 15.5 Å². The number of aryl methyl sites for hydroxylation is 1. The first-order valence-corrected chi connectivity index (χ1v) is 6.80. The lowest BCUT2D eigenvalue weighted by Gasteiger charge is -1.98. The van der Waals surface area contributed by atoms with Gasteiger partial charge in [-0.3, -0.25) is 4.79 Å². The predicted octanol–water partition coefficient (Wildman–Crippen LogP) is 2.88. The van der Waals surface area contributed by atoms with Crippen LogP contribution < -0.4 is 5.32 Å². The molecule has 0 fully saturated rings. The summed E-state index contributed by atoms with van der Waals surface area (Å²) in [5, 5.41) is 8.95. The molecule has 1 amide bonds. The van der Waals surface area contributed by atoms with E-state index in [9.17, 15) is 4.79 Å². The van der Waals surface area contributed by atoms with Gasteiger partial charge in [-0.2, -0.15) is 0 Å². The van der Waals surface area contributed by atoms with E-state index in [1.807, 2.05) is 11.4 Å². The van der Waals surface area contributed by atoms with Gasteiger partial charge in [0.25, 0.3) is 0 Å². The van der Waals surface area contributed by atoms with E-state index >= 15 is 0 Å². The lowest BCUT2D eigenvalue weighted by atomic mass is 10.3. The molecule has 0 unspecified atom stereocenters. The summed E-state index contributed by atoms with van der Waals surface area (Å²) < 4.78 is 10.1. The Morgan fingerprint density at radius 2 is 2.40 bits per heavy atom. The number of carbonyl (C=O) groups is 1. The molecular weight excluding hydrogens is 278 g/mol. The highest BCUT2D eigenvalue weighted by atomic mass is 32.1. The van der Waals surface area contributed by atoms with Crippen molar-refractivity contribution in [2.24, 2.45) is 0 Å².